The molecule has 0 unspecified atom stereocenters. The zero-order chi connectivity index (χ0) is 14.9. The highest BCUT2D eigenvalue weighted by Gasteiger charge is 2.19. The van der Waals surface area contributed by atoms with Crippen LogP contribution in [0.15, 0.2) is 48.8 Å². The van der Waals surface area contributed by atoms with Gasteiger partial charge in [0.25, 0.3) is 10.0 Å². The minimum Gasteiger partial charge on any atom is -0.278 e. The van der Waals surface area contributed by atoms with E-state index in [9.17, 15) is 8.42 Å². The molecule has 0 spiro atoms. The van der Waals surface area contributed by atoms with Crippen LogP contribution in [0.3, 0.4) is 0 Å². The van der Waals surface area contributed by atoms with Crippen LogP contribution in [-0.2, 0) is 10.0 Å². The molecule has 0 atom stereocenters. The molecule has 2 aromatic rings. The fraction of sp³-hybridized carbons (Fsp3) is 0.0833. The molecule has 0 amide bonds. The van der Waals surface area contributed by atoms with Gasteiger partial charge in [0.2, 0.25) is 0 Å². The van der Waals surface area contributed by atoms with E-state index in [0.29, 0.717) is 20.5 Å². The highest BCUT2D eigenvalue weighted by Crippen LogP contribution is 2.28. The van der Waals surface area contributed by atoms with Crippen molar-refractivity contribution >= 4 is 63.5 Å². The molecular formula is C12H9Br3N2O2S. The summed E-state index contributed by atoms with van der Waals surface area (Å²) in [5, 5.41) is 0. The van der Waals surface area contributed by atoms with Crippen LogP contribution in [0.1, 0.15) is 5.69 Å². The standard InChI is InChI=1S/C12H9Br3N2O2S/c1-7-10(3-5-12(15)16-7)17-20(18,19)11-4-2-8(13)6-9(11)14/h2-6,17H,1H3. The Hall–Kier alpha value is -0.440. The van der Waals surface area contributed by atoms with Crippen molar-refractivity contribution in [2.24, 2.45) is 0 Å². The van der Waals surface area contributed by atoms with Crippen molar-refractivity contribution in [2.75, 3.05) is 4.72 Å². The molecule has 2 rings (SSSR count). The highest BCUT2D eigenvalue weighted by atomic mass is 79.9. The lowest BCUT2D eigenvalue weighted by Crippen LogP contribution is -2.14. The Morgan fingerprint density at radius 1 is 1.10 bits per heavy atom. The molecule has 4 nitrogen and oxygen atoms in total. The van der Waals surface area contributed by atoms with Gasteiger partial charge in [-0.15, -0.1) is 0 Å². The first-order chi connectivity index (χ1) is 9.29. The molecule has 0 saturated carbocycles. The third-order valence-corrected chi connectivity index (χ3v) is 5.76. The fourth-order valence-electron chi connectivity index (χ4n) is 1.53. The van der Waals surface area contributed by atoms with E-state index in [1.54, 1.807) is 31.2 Å². The molecule has 0 radical (unpaired) electrons. The highest BCUT2D eigenvalue weighted by molar-refractivity contribution is 9.11. The number of aromatic nitrogens is 1. The third kappa shape index (κ3) is 3.60. The van der Waals surface area contributed by atoms with Crippen molar-refractivity contribution in [1.82, 2.24) is 4.98 Å². The van der Waals surface area contributed by atoms with Crippen LogP contribution in [-0.4, -0.2) is 13.4 Å². The maximum Gasteiger partial charge on any atom is 0.263 e. The largest absolute Gasteiger partial charge is 0.278 e. The lowest BCUT2D eigenvalue weighted by molar-refractivity contribution is 0.600. The number of hydrogen-bond acceptors (Lipinski definition) is 3. The molecule has 0 aliphatic rings. The van der Waals surface area contributed by atoms with Gasteiger partial charge in [-0.2, -0.15) is 0 Å². The second-order valence-corrected chi connectivity index (χ2v) is 8.18. The van der Waals surface area contributed by atoms with E-state index in [0.717, 1.165) is 4.47 Å². The Balaban J connectivity index is 2.41. The maximum absolute atomic E-state index is 12.4. The van der Waals surface area contributed by atoms with Crippen LogP contribution in [0.5, 0.6) is 0 Å². The first kappa shape index (κ1) is 15.9. The van der Waals surface area contributed by atoms with Crippen LogP contribution in [0.4, 0.5) is 5.69 Å². The van der Waals surface area contributed by atoms with Gasteiger partial charge in [-0.05, 0) is 69.1 Å². The van der Waals surface area contributed by atoms with Gasteiger partial charge in [0.1, 0.15) is 9.50 Å². The van der Waals surface area contributed by atoms with Crippen LogP contribution in [0.2, 0.25) is 0 Å². The lowest BCUT2D eigenvalue weighted by Gasteiger charge is -2.11. The normalized spacial score (nSPS) is 11.4. The second-order valence-electron chi connectivity index (χ2n) is 3.95. The number of anilines is 1. The molecule has 1 aromatic heterocycles. The Labute approximate surface area is 142 Å². The minimum atomic E-state index is -3.67. The summed E-state index contributed by atoms with van der Waals surface area (Å²) in [5.74, 6) is 0. The van der Waals surface area contributed by atoms with Gasteiger partial charge in [-0.25, -0.2) is 13.4 Å². The van der Waals surface area contributed by atoms with E-state index in [2.05, 4.69) is 57.5 Å². The molecule has 1 N–H and O–H groups in total. The Bertz CT molecular complexity index is 763. The molecule has 0 aliphatic heterocycles. The predicted octanol–water partition coefficient (Wildman–Crippen LogP) is 4.48. The molecule has 106 valence electrons. The third-order valence-electron chi connectivity index (χ3n) is 2.48. The number of sulfonamides is 1. The quantitative estimate of drug-likeness (QED) is 0.653. The SMILES string of the molecule is Cc1nc(Br)ccc1NS(=O)(=O)c1ccc(Br)cc1Br. The number of pyridine rings is 1. The topological polar surface area (TPSA) is 59.1 Å². The molecular weight excluding hydrogens is 476 g/mol. The van der Waals surface area contributed by atoms with E-state index >= 15 is 0 Å². The zero-order valence-corrected chi connectivity index (χ0v) is 15.8. The molecule has 8 heteroatoms. The van der Waals surface area contributed by atoms with Gasteiger partial charge < -0.3 is 0 Å². The van der Waals surface area contributed by atoms with E-state index in [-0.39, 0.29) is 4.90 Å². The predicted molar refractivity (Wildman–Crippen MR) is 89.3 cm³/mol. The van der Waals surface area contributed by atoms with Crippen molar-refractivity contribution in [2.45, 2.75) is 11.8 Å². The monoisotopic (exact) mass is 482 g/mol. The molecule has 0 aliphatic carbocycles. The smallest absolute Gasteiger partial charge is 0.263 e. The van der Waals surface area contributed by atoms with Gasteiger partial charge in [0.05, 0.1) is 11.4 Å². The van der Waals surface area contributed by atoms with Gasteiger partial charge >= 0.3 is 0 Å². The summed E-state index contributed by atoms with van der Waals surface area (Å²) < 4.78 is 29.2. The first-order valence-electron chi connectivity index (χ1n) is 5.40. The van der Waals surface area contributed by atoms with E-state index in [1.807, 2.05) is 0 Å². The van der Waals surface area contributed by atoms with E-state index in [1.165, 1.54) is 6.07 Å². The Morgan fingerprint density at radius 2 is 1.80 bits per heavy atom. The van der Waals surface area contributed by atoms with Crippen molar-refractivity contribution in [3.63, 3.8) is 0 Å². The van der Waals surface area contributed by atoms with E-state index < -0.39 is 10.0 Å². The summed E-state index contributed by atoms with van der Waals surface area (Å²) in [6, 6.07) is 8.23. The molecule has 0 bridgehead atoms. The van der Waals surface area contributed by atoms with Crippen molar-refractivity contribution in [3.8, 4) is 0 Å². The summed E-state index contributed by atoms with van der Waals surface area (Å²) in [5.41, 5.74) is 1.04. The summed E-state index contributed by atoms with van der Waals surface area (Å²) in [4.78, 5) is 4.33. The Morgan fingerprint density at radius 3 is 2.40 bits per heavy atom. The second kappa shape index (κ2) is 6.13. The molecule has 0 saturated heterocycles. The number of nitrogens with one attached hydrogen (secondary N) is 1. The Kier molecular flexibility index (Phi) is 4.88. The number of benzene rings is 1. The first-order valence-corrected chi connectivity index (χ1v) is 9.27. The fourth-order valence-corrected chi connectivity index (χ4v) is 4.79. The van der Waals surface area contributed by atoms with Gasteiger partial charge in [-0.1, -0.05) is 15.9 Å². The van der Waals surface area contributed by atoms with Crippen LogP contribution < -0.4 is 4.72 Å². The number of nitrogens with zero attached hydrogens (tertiary/aromatic N) is 1. The number of aryl methyl sites for hydroxylation is 1. The average Bonchev–Trinajstić information content (AvgIpc) is 2.32. The van der Waals surface area contributed by atoms with Crippen LogP contribution in [0, 0.1) is 6.92 Å². The number of rotatable bonds is 3. The van der Waals surface area contributed by atoms with Gasteiger partial charge in [0.15, 0.2) is 0 Å². The molecule has 0 fully saturated rings. The summed E-state index contributed by atoms with van der Waals surface area (Å²) in [6.07, 6.45) is 0. The summed E-state index contributed by atoms with van der Waals surface area (Å²) >= 11 is 9.78. The van der Waals surface area contributed by atoms with Gasteiger partial charge in [-0.3, -0.25) is 4.72 Å². The van der Waals surface area contributed by atoms with Crippen molar-refractivity contribution in [3.05, 3.63) is 49.6 Å². The van der Waals surface area contributed by atoms with Crippen LogP contribution >= 0.6 is 47.8 Å². The van der Waals surface area contributed by atoms with Crippen LogP contribution in [0.25, 0.3) is 0 Å². The number of halogens is 3. The number of hydrogen-bond donors (Lipinski definition) is 1. The maximum atomic E-state index is 12.4. The molecule has 1 aromatic carbocycles. The van der Waals surface area contributed by atoms with E-state index in [4.69, 9.17) is 0 Å². The lowest BCUT2D eigenvalue weighted by atomic mass is 10.3. The zero-order valence-electron chi connectivity index (χ0n) is 10.2. The van der Waals surface area contributed by atoms with Crippen molar-refractivity contribution < 1.29 is 8.42 Å². The average molecular weight is 485 g/mol. The summed E-state index contributed by atoms with van der Waals surface area (Å²) in [6.45, 7) is 1.74. The minimum absolute atomic E-state index is 0.169. The van der Waals surface area contributed by atoms with Gasteiger partial charge in [0, 0.05) is 8.95 Å². The van der Waals surface area contributed by atoms with Crippen molar-refractivity contribution in [1.29, 1.82) is 0 Å². The summed E-state index contributed by atoms with van der Waals surface area (Å²) in [7, 11) is -3.67. The molecule has 1 heterocycles. The molecule has 20 heavy (non-hydrogen) atoms.